The fourth-order valence-electron chi connectivity index (χ4n) is 3.59. The third kappa shape index (κ3) is 4.61. The monoisotopic (exact) mass is 408 g/mol. The summed E-state index contributed by atoms with van der Waals surface area (Å²) in [6, 6.07) is 29.0. The van der Waals surface area contributed by atoms with Gasteiger partial charge in [-0.15, -0.1) is 0 Å². The van der Waals surface area contributed by atoms with Gasteiger partial charge in [-0.25, -0.2) is 0 Å². The van der Waals surface area contributed by atoms with Crippen molar-refractivity contribution in [1.29, 1.82) is 0 Å². The second-order valence-corrected chi connectivity index (χ2v) is 7.38. The van der Waals surface area contributed by atoms with Crippen LogP contribution in [0.15, 0.2) is 91.0 Å². The highest BCUT2D eigenvalue weighted by atomic mass is 16.5. The predicted molar refractivity (Wildman–Crippen MR) is 115 cm³/mol. The van der Waals surface area contributed by atoms with Crippen LogP contribution in [0, 0.1) is 0 Å². The maximum atomic E-state index is 10.5. The van der Waals surface area contributed by atoms with Gasteiger partial charge in [-0.1, -0.05) is 91.0 Å². The molecule has 3 aromatic rings. The number of ether oxygens (including phenoxy) is 1. The summed E-state index contributed by atoms with van der Waals surface area (Å²) in [6.07, 6.45) is -5.62. The fourth-order valence-corrected chi connectivity index (χ4v) is 3.59. The summed E-state index contributed by atoms with van der Waals surface area (Å²) >= 11 is 0. The van der Waals surface area contributed by atoms with E-state index in [2.05, 4.69) is 0 Å². The van der Waals surface area contributed by atoms with Gasteiger partial charge in [0.05, 0.1) is 12.7 Å². The van der Waals surface area contributed by atoms with E-state index in [1.54, 1.807) is 0 Å². The first-order valence-corrected chi connectivity index (χ1v) is 9.99. The fraction of sp³-hybridized carbons (Fsp3) is 0.280. The second kappa shape index (κ2) is 9.98. The quantitative estimate of drug-likeness (QED) is 0.409. The minimum absolute atomic E-state index is 0.260. The molecule has 0 aliphatic carbocycles. The minimum Gasteiger partial charge on any atom is -0.391 e. The molecule has 30 heavy (non-hydrogen) atoms. The maximum Gasteiger partial charge on any atom is 0.143 e. The number of hydrogen-bond acceptors (Lipinski definition) is 5. The summed E-state index contributed by atoms with van der Waals surface area (Å²) < 4.78 is 6.40. The zero-order valence-electron chi connectivity index (χ0n) is 16.9. The van der Waals surface area contributed by atoms with Crippen LogP contribution in [-0.2, 0) is 10.3 Å². The molecule has 0 aliphatic rings. The van der Waals surface area contributed by atoms with Crippen molar-refractivity contribution in [2.45, 2.75) is 36.9 Å². The third-order valence-corrected chi connectivity index (χ3v) is 5.25. The lowest BCUT2D eigenvalue weighted by Gasteiger charge is -2.37. The van der Waals surface area contributed by atoms with Crippen LogP contribution in [0.25, 0.3) is 0 Å². The van der Waals surface area contributed by atoms with Gasteiger partial charge < -0.3 is 25.2 Å². The van der Waals surface area contributed by atoms with Crippen LogP contribution >= 0.6 is 0 Å². The summed E-state index contributed by atoms with van der Waals surface area (Å²) in [5.41, 5.74) is 1.54. The van der Waals surface area contributed by atoms with E-state index in [1.807, 2.05) is 91.0 Å². The van der Waals surface area contributed by atoms with E-state index < -0.39 is 30.0 Å². The molecule has 5 nitrogen and oxygen atoms in total. The lowest BCUT2D eigenvalue weighted by molar-refractivity contribution is -0.131. The normalized spacial score (nSPS) is 15.9. The second-order valence-electron chi connectivity index (χ2n) is 7.38. The summed E-state index contributed by atoms with van der Waals surface area (Å²) in [7, 11) is 0. The van der Waals surface area contributed by atoms with Gasteiger partial charge in [-0.2, -0.15) is 0 Å². The standard InChI is InChI=1S/C25H28O5/c1-18(26)23(28)24(29)22(27)17-30-25(19-11-5-2-6-12-19,20-13-7-3-8-14-20)21-15-9-4-10-16-21/h2-16,18,22-24,26-29H,17H2,1H3. The molecule has 0 bridgehead atoms. The Hall–Kier alpha value is -2.54. The number of rotatable bonds is 9. The minimum atomic E-state index is -1.55. The molecule has 0 amide bonds. The highest BCUT2D eigenvalue weighted by molar-refractivity contribution is 5.47. The van der Waals surface area contributed by atoms with E-state index in [4.69, 9.17) is 4.74 Å². The van der Waals surface area contributed by atoms with E-state index in [1.165, 1.54) is 6.92 Å². The first-order valence-electron chi connectivity index (χ1n) is 9.99. The largest absolute Gasteiger partial charge is 0.391 e. The van der Waals surface area contributed by atoms with Crippen LogP contribution in [-0.4, -0.2) is 51.4 Å². The Bertz CT molecular complexity index is 787. The van der Waals surface area contributed by atoms with Crippen molar-refractivity contribution in [3.63, 3.8) is 0 Å². The van der Waals surface area contributed by atoms with Gasteiger partial charge in [0.25, 0.3) is 0 Å². The first kappa shape index (κ1) is 22.2. The molecule has 0 radical (unpaired) electrons. The van der Waals surface area contributed by atoms with Crippen LogP contribution in [0.1, 0.15) is 23.6 Å². The van der Waals surface area contributed by atoms with E-state index in [9.17, 15) is 20.4 Å². The SMILES string of the molecule is CC(O)C(O)C(O)C(O)COC(c1ccccc1)(c1ccccc1)c1ccccc1. The van der Waals surface area contributed by atoms with Crippen molar-refractivity contribution in [3.8, 4) is 0 Å². The Labute approximate surface area is 176 Å². The molecule has 3 aromatic carbocycles. The molecular formula is C25H28O5. The zero-order chi connectivity index (χ0) is 21.6. The topological polar surface area (TPSA) is 90.2 Å². The molecule has 0 saturated heterocycles. The molecule has 4 N–H and O–H groups in total. The molecule has 0 aromatic heterocycles. The lowest BCUT2D eigenvalue weighted by Crippen LogP contribution is -2.46. The van der Waals surface area contributed by atoms with Gasteiger partial charge in [0.15, 0.2) is 0 Å². The highest BCUT2D eigenvalue weighted by Gasteiger charge is 2.39. The Kier molecular flexibility index (Phi) is 7.37. The predicted octanol–water partition coefficient (Wildman–Crippen LogP) is 2.46. The Morgan fingerprint density at radius 2 is 1.00 bits per heavy atom. The van der Waals surface area contributed by atoms with Crippen molar-refractivity contribution < 1.29 is 25.2 Å². The molecule has 4 unspecified atom stereocenters. The maximum absolute atomic E-state index is 10.5. The van der Waals surface area contributed by atoms with E-state index in [0.717, 1.165) is 16.7 Å². The van der Waals surface area contributed by atoms with Gasteiger partial charge in [-0.3, -0.25) is 0 Å². The van der Waals surface area contributed by atoms with Crippen molar-refractivity contribution in [2.75, 3.05) is 6.61 Å². The Morgan fingerprint density at radius 3 is 1.33 bits per heavy atom. The van der Waals surface area contributed by atoms with Crippen LogP contribution in [0.3, 0.4) is 0 Å². The third-order valence-electron chi connectivity index (χ3n) is 5.25. The molecule has 4 atom stereocenters. The van der Waals surface area contributed by atoms with Gasteiger partial charge >= 0.3 is 0 Å². The van der Waals surface area contributed by atoms with Crippen LogP contribution in [0.5, 0.6) is 0 Å². The Morgan fingerprint density at radius 1 is 0.633 bits per heavy atom. The van der Waals surface area contributed by atoms with Crippen LogP contribution < -0.4 is 0 Å². The number of aliphatic hydroxyl groups excluding tert-OH is 4. The molecule has 0 aliphatic heterocycles. The number of aliphatic hydroxyl groups is 4. The number of benzene rings is 3. The highest BCUT2D eigenvalue weighted by Crippen LogP contribution is 2.40. The molecule has 158 valence electrons. The average Bonchev–Trinajstić information content (AvgIpc) is 2.80. The van der Waals surface area contributed by atoms with Crippen molar-refractivity contribution in [1.82, 2.24) is 0 Å². The smallest absolute Gasteiger partial charge is 0.143 e. The van der Waals surface area contributed by atoms with Crippen molar-refractivity contribution in [2.24, 2.45) is 0 Å². The first-order chi connectivity index (χ1) is 14.5. The van der Waals surface area contributed by atoms with Gasteiger partial charge in [0.2, 0.25) is 0 Å². The van der Waals surface area contributed by atoms with Gasteiger partial charge in [0.1, 0.15) is 23.9 Å². The van der Waals surface area contributed by atoms with Crippen LogP contribution in [0.4, 0.5) is 0 Å². The molecule has 0 heterocycles. The van der Waals surface area contributed by atoms with E-state index in [0.29, 0.717) is 0 Å². The molecular weight excluding hydrogens is 380 g/mol. The summed E-state index contributed by atoms with van der Waals surface area (Å²) in [5, 5.41) is 40.2. The van der Waals surface area contributed by atoms with Gasteiger partial charge in [-0.05, 0) is 23.6 Å². The zero-order valence-corrected chi connectivity index (χ0v) is 16.9. The molecule has 0 fully saturated rings. The Balaban J connectivity index is 2.06. The molecule has 0 spiro atoms. The van der Waals surface area contributed by atoms with E-state index in [-0.39, 0.29) is 6.61 Å². The number of hydrogen-bond donors (Lipinski definition) is 4. The van der Waals surface area contributed by atoms with Crippen LogP contribution in [0.2, 0.25) is 0 Å². The van der Waals surface area contributed by atoms with Crippen molar-refractivity contribution in [3.05, 3.63) is 108 Å². The summed E-state index contributed by atoms with van der Waals surface area (Å²) in [5.74, 6) is 0. The summed E-state index contributed by atoms with van der Waals surface area (Å²) in [4.78, 5) is 0. The van der Waals surface area contributed by atoms with E-state index >= 15 is 0 Å². The molecule has 0 saturated carbocycles. The molecule has 5 heteroatoms. The lowest BCUT2D eigenvalue weighted by atomic mass is 9.80. The molecule has 3 rings (SSSR count). The van der Waals surface area contributed by atoms with Gasteiger partial charge in [0, 0.05) is 0 Å². The summed E-state index contributed by atoms with van der Waals surface area (Å²) in [6.45, 7) is 1.09. The average molecular weight is 408 g/mol. The van der Waals surface area contributed by atoms with Crippen molar-refractivity contribution >= 4 is 0 Å².